The van der Waals surface area contributed by atoms with Crippen LogP contribution in [0, 0.1) is 0 Å². The lowest BCUT2D eigenvalue weighted by molar-refractivity contribution is -0.136. The molecule has 7 nitrogen and oxygen atoms in total. The van der Waals surface area contributed by atoms with Crippen LogP contribution in [0.1, 0.15) is 71.3 Å². The SMILES string of the molecule is CN1CCCCC[C@@H]2N(C(=O)CCCN3C(=O)NC(C)(C)C3=O)[C@H](Cc3ccccc3)C[C@@]21C. The molecule has 0 aromatic heterocycles. The molecule has 186 valence electrons. The quantitative estimate of drug-likeness (QED) is 0.648. The molecule has 7 heteroatoms. The Morgan fingerprint density at radius 3 is 2.50 bits per heavy atom. The molecule has 3 heterocycles. The van der Waals surface area contributed by atoms with E-state index in [-0.39, 0.29) is 42.0 Å². The lowest BCUT2D eigenvalue weighted by Crippen LogP contribution is -2.55. The molecule has 1 aromatic rings. The summed E-state index contributed by atoms with van der Waals surface area (Å²) in [6.45, 7) is 7.10. The van der Waals surface area contributed by atoms with Crippen molar-refractivity contribution in [3.05, 3.63) is 35.9 Å². The van der Waals surface area contributed by atoms with E-state index in [4.69, 9.17) is 0 Å². The molecule has 4 amide bonds. The van der Waals surface area contributed by atoms with Crippen molar-refractivity contribution in [2.75, 3.05) is 20.1 Å². The van der Waals surface area contributed by atoms with Gasteiger partial charge >= 0.3 is 6.03 Å². The largest absolute Gasteiger partial charge is 0.334 e. The number of urea groups is 1. The van der Waals surface area contributed by atoms with Gasteiger partial charge in [0.2, 0.25) is 5.91 Å². The van der Waals surface area contributed by atoms with Gasteiger partial charge in [0.1, 0.15) is 5.54 Å². The molecule has 1 aromatic carbocycles. The van der Waals surface area contributed by atoms with Crippen LogP contribution in [0.3, 0.4) is 0 Å². The summed E-state index contributed by atoms with van der Waals surface area (Å²) >= 11 is 0. The van der Waals surface area contributed by atoms with Crippen molar-refractivity contribution in [2.45, 2.75) is 95.3 Å². The molecule has 0 aliphatic carbocycles. The molecule has 3 atom stereocenters. The highest BCUT2D eigenvalue weighted by atomic mass is 16.2. The van der Waals surface area contributed by atoms with Gasteiger partial charge < -0.3 is 10.2 Å². The molecule has 0 bridgehead atoms. The lowest BCUT2D eigenvalue weighted by Gasteiger charge is -2.44. The average Bonchev–Trinajstić information content (AvgIpc) is 3.17. The van der Waals surface area contributed by atoms with Crippen LogP contribution in [-0.2, 0) is 16.0 Å². The minimum atomic E-state index is -0.873. The third kappa shape index (κ3) is 4.72. The van der Waals surface area contributed by atoms with E-state index < -0.39 is 5.54 Å². The number of nitrogens with one attached hydrogen (secondary N) is 1. The van der Waals surface area contributed by atoms with Crippen LogP contribution < -0.4 is 5.32 Å². The second-order valence-electron chi connectivity index (χ2n) is 11.1. The minimum Gasteiger partial charge on any atom is -0.334 e. The second kappa shape index (κ2) is 9.68. The molecular formula is C27H40N4O3. The van der Waals surface area contributed by atoms with Crippen LogP contribution in [0.2, 0.25) is 0 Å². The van der Waals surface area contributed by atoms with Gasteiger partial charge in [0.25, 0.3) is 5.91 Å². The number of imide groups is 1. The molecule has 0 saturated carbocycles. The predicted molar refractivity (Wildman–Crippen MR) is 132 cm³/mol. The summed E-state index contributed by atoms with van der Waals surface area (Å²) in [6.07, 6.45) is 7.24. The van der Waals surface area contributed by atoms with Crippen molar-refractivity contribution >= 4 is 17.8 Å². The van der Waals surface area contributed by atoms with Gasteiger partial charge in [0.05, 0.1) is 6.04 Å². The number of likely N-dealkylation sites (N-methyl/N-ethyl adjacent to an activating group) is 1. The average molecular weight is 469 g/mol. The molecule has 0 radical (unpaired) electrons. The Hall–Kier alpha value is -2.41. The fourth-order valence-corrected chi connectivity index (χ4v) is 6.22. The van der Waals surface area contributed by atoms with E-state index in [2.05, 4.69) is 53.4 Å². The Morgan fingerprint density at radius 1 is 1.09 bits per heavy atom. The van der Waals surface area contributed by atoms with E-state index in [0.717, 1.165) is 32.2 Å². The number of hydrogen-bond acceptors (Lipinski definition) is 4. The fourth-order valence-electron chi connectivity index (χ4n) is 6.22. The van der Waals surface area contributed by atoms with Gasteiger partial charge in [-0.3, -0.25) is 19.4 Å². The van der Waals surface area contributed by atoms with Gasteiger partial charge in [0.15, 0.2) is 0 Å². The van der Waals surface area contributed by atoms with Gasteiger partial charge in [-0.15, -0.1) is 0 Å². The number of amides is 4. The van der Waals surface area contributed by atoms with E-state index in [0.29, 0.717) is 12.8 Å². The molecule has 3 aliphatic rings. The van der Waals surface area contributed by atoms with Gasteiger partial charge in [-0.05, 0) is 72.0 Å². The number of likely N-dealkylation sites (tertiary alicyclic amines) is 2. The van der Waals surface area contributed by atoms with Crippen LogP contribution in [0.15, 0.2) is 30.3 Å². The zero-order chi connectivity index (χ0) is 24.5. The Bertz CT molecular complexity index is 918. The standard InChI is InChI=1S/C27H40N4O3/c1-26(2)24(33)30(25(34)28-26)17-11-15-23(32)31-21(18-20-12-7-5-8-13-20)19-27(3)22(31)14-9-6-10-16-29(27)4/h5,7-8,12-13,21-22H,6,9-11,14-19H2,1-4H3,(H,28,34)/t21-,22+,27+/m1/s1. The normalized spacial score (nSPS) is 29.5. The number of carbonyl (C=O) groups excluding carboxylic acids is 3. The van der Waals surface area contributed by atoms with E-state index in [1.54, 1.807) is 13.8 Å². The first-order valence-corrected chi connectivity index (χ1v) is 12.8. The summed E-state index contributed by atoms with van der Waals surface area (Å²) in [5.41, 5.74) is 0.347. The summed E-state index contributed by atoms with van der Waals surface area (Å²) in [6, 6.07) is 10.4. The van der Waals surface area contributed by atoms with E-state index >= 15 is 0 Å². The Morgan fingerprint density at radius 2 is 1.82 bits per heavy atom. The highest BCUT2D eigenvalue weighted by Gasteiger charge is 2.52. The smallest absolute Gasteiger partial charge is 0.325 e. The first kappa shape index (κ1) is 24.7. The van der Waals surface area contributed by atoms with Crippen molar-refractivity contribution < 1.29 is 14.4 Å². The maximum atomic E-state index is 13.7. The summed E-state index contributed by atoms with van der Waals surface area (Å²) in [5, 5.41) is 2.72. The maximum absolute atomic E-state index is 13.7. The third-order valence-corrected chi connectivity index (χ3v) is 8.26. The lowest BCUT2D eigenvalue weighted by atomic mass is 9.84. The van der Waals surface area contributed by atoms with E-state index in [1.807, 2.05) is 6.07 Å². The van der Waals surface area contributed by atoms with Crippen LogP contribution in [0.5, 0.6) is 0 Å². The first-order valence-electron chi connectivity index (χ1n) is 12.8. The minimum absolute atomic E-state index is 0.0373. The van der Waals surface area contributed by atoms with Crippen LogP contribution in [-0.4, -0.2) is 75.8 Å². The number of carbonyl (C=O) groups is 3. The highest BCUT2D eigenvalue weighted by Crippen LogP contribution is 2.42. The van der Waals surface area contributed by atoms with Gasteiger partial charge in [0, 0.05) is 24.5 Å². The number of fused-ring (bicyclic) bond motifs is 1. The van der Waals surface area contributed by atoms with Crippen molar-refractivity contribution in [3.63, 3.8) is 0 Å². The fraction of sp³-hybridized carbons (Fsp3) is 0.667. The molecule has 3 aliphatic heterocycles. The summed E-state index contributed by atoms with van der Waals surface area (Å²) in [4.78, 5) is 44.4. The number of benzene rings is 1. The van der Waals surface area contributed by atoms with Gasteiger partial charge in [-0.1, -0.05) is 43.2 Å². The predicted octanol–water partition coefficient (Wildman–Crippen LogP) is 3.57. The van der Waals surface area contributed by atoms with E-state index in [1.165, 1.54) is 23.3 Å². The van der Waals surface area contributed by atoms with Crippen molar-refractivity contribution in [1.82, 2.24) is 20.0 Å². The monoisotopic (exact) mass is 468 g/mol. The Balaban J connectivity index is 1.50. The molecular weight excluding hydrogens is 428 g/mol. The van der Waals surface area contributed by atoms with Crippen molar-refractivity contribution in [3.8, 4) is 0 Å². The van der Waals surface area contributed by atoms with Crippen LogP contribution in [0.25, 0.3) is 0 Å². The summed E-state index contributed by atoms with van der Waals surface area (Å²) < 4.78 is 0. The molecule has 34 heavy (non-hydrogen) atoms. The van der Waals surface area contributed by atoms with Crippen molar-refractivity contribution in [1.29, 1.82) is 0 Å². The molecule has 0 spiro atoms. The van der Waals surface area contributed by atoms with Crippen LogP contribution in [0.4, 0.5) is 4.79 Å². The number of nitrogens with zero attached hydrogens (tertiary/aromatic N) is 3. The van der Waals surface area contributed by atoms with E-state index in [9.17, 15) is 14.4 Å². The number of rotatable bonds is 6. The number of hydrogen-bond donors (Lipinski definition) is 1. The zero-order valence-electron chi connectivity index (χ0n) is 21.2. The maximum Gasteiger partial charge on any atom is 0.325 e. The molecule has 4 rings (SSSR count). The topological polar surface area (TPSA) is 73.0 Å². The van der Waals surface area contributed by atoms with Gasteiger partial charge in [-0.25, -0.2) is 4.79 Å². The Labute approximate surface area is 203 Å². The zero-order valence-corrected chi connectivity index (χ0v) is 21.2. The molecule has 1 N–H and O–H groups in total. The van der Waals surface area contributed by atoms with Gasteiger partial charge in [-0.2, -0.15) is 0 Å². The molecule has 3 fully saturated rings. The highest BCUT2D eigenvalue weighted by molar-refractivity contribution is 6.06. The first-order chi connectivity index (χ1) is 16.1. The van der Waals surface area contributed by atoms with Crippen molar-refractivity contribution in [2.24, 2.45) is 0 Å². The third-order valence-electron chi connectivity index (χ3n) is 8.26. The second-order valence-corrected chi connectivity index (χ2v) is 11.1. The summed E-state index contributed by atoms with van der Waals surface area (Å²) in [7, 11) is 2.21. The van der Waals surface area contributed by atoms with Crippen LogP contribution >= 0.6 is 0 Å². The molecule has 0 unspecified atom stereocenters. The Kier molecular flexibility index (Phi) is 7.04. The molecule has 3 saturated heterocycles. The summed E-state index contributed by atoms with van der Waals surface area (Å²) in [5.74, 6) is -0.0720.